The topological polar surface area (TPSA) is 49.0 Å². The summed E-state index contributed by atoms with van der Waals surface area (Å²) in [7, 11) is 2.12. The highest BCUT2D eigenvalue weighted by Crippen LogP contribution is 2.23. The first kappa shape index (κ1) is 12.4. The first-order valence-corrected chi connectivity index (χ1v) is 6.92. The van der Waals surface area contributed by atoms with Crippen LogP contribution in [0.4, 0.5) is 0 Å². The highest BCUT2D eigenvalue weighted by molar-refractivity contribution is 5.77. The highest BCUT2D eigenvalue weighted by atomic mass is 16.1. The minimum Gasteiger partial charge on any atom is -0.309 e. The zero-order valence-electron chi connectivity index (χ0n) is 11.2. The predicted octanol–water partition coefficient (Wildman–Crippen LogP) is 2.30. The summed E-state index contributed by atoms with van der Waals surface area (Å²) >= 11 is 0. The summed E-state index contributed by atoms with van der Waals surface area (Å²) in [6.07, 6.45) is 5.15. The van der Waals surface area contributed by atoms with Gasteiger partial charge < -0.3 is 4.98 Å². The fraction of sp³-hybridized carbons (Fsp3) is 0.467. The standard InChI is InChI=1S/C15H19N3O/c1-18(11-6-2-3-7-11)10-14-16-13-9-5-4-8-12(13)15(19)17-14/h4-5,8-9,11H,2-3,6-7,10H2,1H3,(H,16,17,19). The van der Waals surface area contributed by atoms with Crippen molar-refractivity contribution in [1.29, 1.82) is 0 Å². The second kappa shape index (κ2) is 5.13. The summed E-state index contributed by atoms with van der Waals surface area (Å²) in [5.41, 5.74) is 0.737. The van der Waals surface area contributed by atoms with Gasteiger partial charge in [-0.2, -0.15) is 0 Å². The van der Waals surface area contributed by atoms with Crippen LogP contribution >= 0.6 is 0 Å². The lowest BCUT2D eigenvalue weighted by atomic mass is 10.2. The summed E-state index contributed by atoms with van der Waals surface area (Å²) in [6, 6.07) is 8.12. The van der Waals surface area contributed by atoms with E-state index in [1.54, 1.807) is 0 Å². The molecule has 0 radical (unpaired) electrons. The van der Waals surface area contributed by atoms with Crippen LogP contribution < -0.4 is 5.56 Å². The number of benzene rings is 1. The molecule has 1 heterocycles. The molecule has 0 unspecified atom stereocenters. The number of aromatic amines is 1. The zero-order chi connectivity index (χ0) is 13.2. The molecule has 1 saturated carbocycles. The average Bonchev–Trinajstić information content (AvgIpc) is 2.93. The summed E-state index contributed by atoms with van der Waals surface area (Å²) < 4.78 is 0. The molecular formula is C15H19N3O. The third-order valence-corrected chi connectivity index (χ3v) is 4.01. The van der Waals surface area contributed by atoms with Crippen molar-refractivity contribution in [2.75, 3.05) is 7.05 Å². The van der Waals surface area contributed by atoms with Crippen molar-refractivity contribution >= 4 is 10.9 Å². The van der Waals surface area contributed by atoms with Crippen LogP contribution in [-0.4, -0.2) is 28.0 Å². The van der Waals surface area contributed by atoms with Gasteiger partial charge in [-0.3, -0.25) is 9.69 Å². The molecular weight excluding hydrogens is 238 g/mol. The Kier molecular flexibility index (Phi) is 3.34. The molecule has 0 saturated heterocycles. The van der Waals surface area contributed by atoms with Gasteiger partial charge in [0.2, 0.25) is 0 Å². The second-order valence-corrected chi connectivity index (χ2v) is 5.38. The molecule has 4 heteroatoms. The van der Waals surface area contributed by atoms with Crippen LogP contribution in [0.5, 0.6) is 0 Å². The number of hydrogen-bond acceptors (Lipinski definition) is 3. The van der Waals surface area contributed by atoms with Crippen molar-refractivity contribution in [3.05, 3.63) is 40.4 Å². The molecule has 1 aliphatic carbocycles. The summed E-state index contributed by atoms with van der Waals surface area (Å²) in [4.78, 5) is 21.7. The minimum absolute atomic E-state index is 0.0413. The first-order valence-electron chi connectivity index (χ1n) is 6.92. The van der Waals surface area contributed by atoms with E-state index in [1.807, 2.05) is 24.3 Å². The van der Waals surface area contributed by atoms with Crippen LogP contribution in [0.2, 0.25) is 0 Å². The molecule has 3 rings (SSSR count). The molecule has 1 aromatic carbocycles. The number of para-hydroxylation sites is 1. The Labute approximate surface area is 112 Å². The maximum Gasteiger partial charge on any atom is 0.258 e. The van der Waals surface area contributed by atoms with Crippen molar-refractivity contribution < 1.29 is 0 Å². The predicted molar refractivity (Wildman–Crippen MR) is 76.1 cm³/mol. The number of fused-ring (bicyclic) bond motifs is 1. The molecule has 2 aromatic rings. The monoisotopic (exact) mass is 257 g/mol. The van der Waals surface area contributed by atoms with Crippen molar-refractivity contribution in [3.63, 3.8) is 0 Å². The molecule has 0 aliphatic heterocycles. The van der Waals surface area contributed by atoms with Crippen molar-refractivity contribution in [2.24, 2.45) is 0 Å². The van der Waals surface area contributed by atoms with E-state index in [1.165, 1.54) is 25.7 Å². The summed E-state index contributed by atoms with van der Waals surface area (Å²) in [5, 5.41) is 0.662. The molecule has 0 bridgehead atoms. The van der Waals surface area contributed by atoms with Crippen LogP contribution in [0.3, 0.4) is 0 Å². The van der Waals surface area contributed by atoms with E-state index in [0.29, 0.717) is 18.0 Å². The molecule has 1 aliphatic rings. The zero-order valence-corrected chi connectivity index (χ0v) is 11.2. The Morgan fingerprint density at radius 1 is 1.32 bits per heavy atom. The van der Waals surface area contributed by atoms with Crippen LogP contribution in [0, 0.1) is 0 Å². The summed E-state index contributed by atoms with van der Waals surface area (Å²) in [5.74, 6) is 0.762. The molecule has 0 amide bonds. The Morgan fingerprint density at radius 3 is 2.84 bits per heavy atom. The molecule has 1 N–H and O–H groups in total. The van der Waals surface area contributed by atoms with Gasteiger partial charge in [0.25, 0.3) is 5.56 Å². The molecule has 0 atom stereocenters. The van der Waals surface area contributed by atoms with Gasteiger partial charge >= 0.3 is 0 Å². The Balaban J connectivity index is 1.86. The van der Waals surface area contributed by atoms with Crippen molar-refractivity contribution in [2.45, 2.75) is 38.3 Å². The van der Waals surface area contributed by atoms with Gasteiger partial charge in [0.05, 0.1) is 17.4 Å². The largest absolute Gasteiger partial charge is 0.309 e. The van der Waals surface area contributed by atoms with Gasteiger partial charge in [-0.15, -0.1) is 0 Å². The number of hydrogen-bond donors (Lipinski definition) is 1. The Bertz CT molecular complexity index is 629. The molecule has 19 heavy (non-hydrogen) atoms. The van der Waals surface area contributed by atoms with Crippen LogP contribution in [0.15, 0.2) is 29.1 Å². The number of H-pyrrole nitrogens is 1. The van der Waals surface area contributed by atoms with E-state index in [2.05, 4.69) is 21.9 Å². The van der Waals surface area contributed by atoms with Gasteiger partial charge in [0.15, 0.2) is 0 Å². The molecule has 0 spiro atoms. The van der Waals surface area contributed by atoms with Crippen LogP contribution in [0.1, 0.15) is 31.5 Å². The van der Waals surface area contributed by atoms with E-state index < -0.39 is 0 Å². The molecule has 100 valence electrons. The quantitative estimate of drug-likeness (QED) is 0.918. The number of nitrogens with one attached hydrogen (secondary N) is 1. The minimum atomic E-state index is -0.0413. The fourth-order valence-electron chi connectivity index (χ4n) is 2.92. The lowest BCUT2D eigenvalue weighted by Crippen LogP contribution is -2.30. The SMILES string of the molecule is CN(Cc1nc2ccccc2c(=O)[nH]1)C1CCCC1. The number of nitrogens with zero attached hydrogens (tertiary/aromatic N) is 2. The fourth-order valence-corrected chi connectivity index (χ4v) is 2.92. The van der Waals surface area contributed by atoms with Gasteiger partial charge in [-0.1, -0.05) is 25.0 Å². The lowest BCUT2D eigenvalue weighted by molar-refractivity contribution is 0.232. The third-order valence-electron chi connectivity index (χ3n) is 4.01. The maximum absolute atomic E-state index is 12.0. The van der Waals surface area contributed by atoms with Gasteiger partial charge in [-0.05, 0) is 32.0 Å². The number of aromatic nitrogens is 2. The van der Waals surface area contributed by atoms with Gasteiger partial charge in [0, 0.05) is 6.04 Å². The van der Waals surface area contributed by atoms with Crippen molar-refractivity contribution in [3.8, 4) is 0 Å². The smallest absolute Gasteiger partial charge is 0.258 e. The van der Waals surface area contributed by atoms with Crippen LogP contribution in [-0.2, 0) is 6.54 Å². The Morgan fingerprint density at radius 2 is 2.05 bits per heavy atom. The van der Waals surface area contributed by atoms with E-state index in [0.717, 1.165) is 11.3 Å². The summed E-state index contributed by atoms with van der Waals surface area (Å²) in [6.45, 7) is 0.713. The maximum atomic E-state index is 12.0. The van der Waals surface area contributed by atoms with Gasteiger partial charge in [0.1, 0.15) is 5.82 Å². The molecule has 4 nitrogen and oxygen atoms in total. The Hall–Kier alpha value is -1.68. The van der Waals surface area contributed by atoms with Crippen LogP contribution in [0.25, 0.3) is 10.9 Å². The van der Waals surface area contributed by atoms with Gasteiger partial charge in [-0.25, -0.2) is 4.98 Å². The first-order chi connectivity index (χ1) is 9.24. The van der Waals surface area contributed by atoms with E-state index in [-0.39, 0.29) is 5.56 Å². The lowest BCUT2D eigenvalue weighted by Gasteiger charge is -2.23. The number of rotatable bonds is 3. The molecule has 1 aromatic heterocycles. The van der Waals surface area contributed by atoms with E-state index in [9.17, 15) is 4.79 Å². The highest BCUT2D eigenvalue weighted by Gasteiger charge is 2.20. The second-order valence-electron chi connectivity index (χ2n) is 5.38. The van der Waals surface area contributed by atoms with E-state index >= 15 is 0 Å². The van der Waals surface area contributed by atoms with E-state index in [4.69, 9.17) is 0 Å². The average molecular weight is 257 g/mol. The third kappa shape index (κ3) is 2.54. The normalized spacial score (nSPS) is 16.5. The molecule has 1 fully saturated rings. The van der Waals surface area contributed by atoms with Crippen molar-refractivity contribution in [1.82, 2.24) is 14.9 Å².